The van der Waals surface area contributed by atoms with Crippen LogP contribution in [0.2, 0.25) is 0 Å². The number of nitrogens with zero attached hydrogens (tertiary/aromatic N) is 2. The van der Waals surface area contributed by atoms with Gasteiger partial charge in [-0.2, -0.15) is 5.26 Å². The zero-order valence-corrected chi connectivity index (χ0v) is 11.6. The minimum Gasteiger partial charge on any atom is -0.491 e. The average molecular weight is 276 g/mol. The van der Waals surface area contributed by atoms with Crippen LogP contribution in [-0.2, 0) is 0 Å². The van der Waals surface area contributed by atoms with Crippen molar-refractivity contribution in [2.45, 2.75) is 13.3 Å². The minimum atomic E-state index is -0.377. The molecule has 0 aliphatic rings. The molecule has 0 heterocycles. The van der Waals surface area contributed by atoms with Crippen LogP contribution in [0.1, 0.15) is 23.7 Å². The number of ether oxygens (including phenoxy) is 1. The number of amides is 1. The highest BCUT2D eigenvalue weighted by Crippen LogP contribution is 2.17. The second-order valence-electron chi connectivity index (χ2n) is 4.16. The van der Waals surface area contributed by atoms with E-state index in [-0.39, 0.29) is 5.91 Å². The van der Waals surface area contributed by atoms with Gasteiger partial charge in [-0.1, -0.05) is 19.1 Å². The van der Waals surface area contributed by atoms with E-state index in [9.17, 15) is 4.79 Å². The quantitative estimate of drug-likeness (QED) is 0.418. The Bertz CT molecular complexity index is 470. The van der Waals surface area contributed by atoms with Crippen LogP contribution >= 0.6 is 0 Å². The van der Waals surface area contributed by atoms with E-state index in [1.165, 1.54) is 0 Å². The SMILES string of the molecule is CCN(CCC#N)CCOc1ccccc1C(=O)NN. The second-order valence-corrected chi connectivity index (χ2v) is 4.16. The van der Waals surface area contributed by atoms with Crippen LogP contribution in [0, 0.1) is 11.3 Å². The molecule has 0 aliphatic heterocycles. The molecule has 0 unspecified atom stereocenters. The van der Waals surface area contributed by atoms with Crippen LogP contribution in [0.25, 0.3) is 0 Å². The summed E-state index contributed by atoms with van der Waals surface area (Å²) in [6.07, 6.45) is 0.500. The molecule has 0 saturated heterocycles. The molecular formula is C14H20N4O2. The number of benzene rings is 1. The predicted octanol–water partition coefficient (Wildman–Crippen LogP) is 0.904. The molecule has 0 aromatic heterocycles. The average Bonchev–Trinajstić information content (AvgIpc) is 2.50. The molecule has 1 aromatic carbocycles. The normalized spacial score (nSPS) is 10.1. The highest BCUT2D eigenvalue weighted by atomic mass is 16.5. The first-order valence-electron chi connectivity index (χ1n) is 6.55. The van der Waals surface area contributed by atoms with Crippen molar-refractivity contribution >= 4 is 5.91 Å². The molecule has 0 radical (unpaired) electrons. The molecule has 3 N–H and O–H groups in total. The van der Waals surface area contributed by atoms with Crippen LogP contribution < -0.4 is 16.0 Å². The number of carbonyl (C=O) groups excluding carboxylic acids is 1. The van der Waals surface area contributed by atoms with Gasteiger partial charge in [0.15, 0.2) is 0 Å². The number of nitriles is 1. The van der Waals surface area contributed by atoms with E-state index in [0.29, 0.717) is 30.9 Å². The number of para-hydroxylation sites is 1. The van der Waals surface area contributed by atoms with E-state index < -0.39 is 0 Å². The highest BCUT2D eigenvalue weighted by Gasteiger charge is 2.10. The molecular weight excluding hydrogens is 256 g/mol. The summed E-state index contributed by atoms with van der Waals surface area (Å²) in [5, 5.41) is 8.57. The maximum atomic E-state index is 11.6. The number of nitrogens with two attached hydrogens (primary N) is 1. The summed E-state index contributed by atoms with van der Waals surface area (Å²) >= 11 is 0. The van der Waals surface area contributed by atoms with E-state index in [0.717, 1.165) is 13.1 Å². The van der Waals surface area contributed by atoms with E-state index >= 15 is 0 Å². The largest absolute Gasteiger partial charge is 0.491 e. The predicted molar refractivity (Wildman–Crippen MR) is 75.9 cm³/mol. The molecule has 0 fully saturated rings. The Hall–Kier alpha value is -2.10. The van der Waals surface area contributed by atoms with Gasteiger partial charge in [-0.15, -0.1) is 0 Å². The topological polar surface area (TPSA) is 91.4 Å². The lowest BCUT2D eigenvalue weighted by Gasteiger charge is -2.19. The van der Waals surface area contributed by atoms with E-state index in [4.69, 9.17) is 15.8 Å². The summed E-state index contributed by atoms with van der Waals surface area (Å²) in [7, 11) is 0. The third-order valence-corrected chi connectivity index (χ3v) is 2.91. The first kappa shape index (κ1) is 16.0. The van der Waals surface area contributed by atoms with Crippen molar-refractivity contribution in [2.24, 2.45) is 5.84 Å². The fourth-order valence-electron chi connectivity index (χ4n) is 1.78. The van der Waals surface area contributed by atoms with Crippen molar-refractivity contribution in [2.75, 3.05) is 26.2 Å². The maximum Gasteiger partial charge on any atom is 0.268 e. The van der Waals surface area contributed by atoms with Crippen molar-refractivity contribution in [3.8, 4) is 11.8 Å². The Morgan fingerprint density at radius 1 is 1.45 bits per heavy atom. The molecule has 0 bridgehead atoms. The summed E-state index contributed by atoms with van der Waals surface area (Å²) in [6, 6.07) is 9.07. The van der Waals surface area contributed by atoms with Crippen molar-refractivity contribution in [1.29, 1.82) is 5.26 Å². The lowest BCUT2D eigenvalue weighted by Crippen LogP contribution is -2.31. The van der Waals surface area contributed by atoms with Gasteiger partial charge in [0, 0.05) is 19.5 Å². The number of nitrogen functional groups attached to an aromatic ring is 1. The van der Waals surface area contributed by atoms with Crippen LogP contribution in [-0.4, -0.2) is 37.0 Å². The molecule has 0 spiro atoms. The highest BCUT2D eigenvalue weighted by molar-refractivity contribution is 5.96. The Morgan fingerprint density at radius 3 is 2.85 bits per heavy atom. The molecule has 20 heavy (non-hydrogen) atoms. The molecule has 1 aromatic rings. The maximum absolute atomic E-state index is 11.6. The number of likely N-dealkylation sites (N-methyl/N-ethyl adjacent to an activating group) is 1. The lowest BCUT2D eigenvalue weighted by molar-refractivity contribution is 0.0949. The molecule has 1 rings (SSSR count). The van der Waals surface area contributed by atoms with Gasteiger partial charge < -0.3 is 4.74 Å². The van der Waals surface area contributed by atoms with Crippen molar-refractivity contribution in [1.82, 2.24) is 10.3 Å². The molecule has 6 heteroatoms. The summed E-state index contributed by atoms with van der Waals surface area (Å²) in [5.74, 6) is 5.26. The van der Waals surface area contributed by atoms with Crippen LogP contribution in [0.3, 0.4) is 0 Å². The standard InChI is InChI=1S/C14H20N4O2/c1-2-18(9-5-8-15)10-11-20-13-7-4-3-6-12(13)14(19)17-16/h3-4,6-7H,2,5,9-11,16H2,1H3,(H,17,19). The van der Waals surface area contributed by atoms with Gasteiger partial charge in [-0.25, -0.2) is 5.84 Å². The van der Waals surface area contributed by atoms with Crippen LogP contribution in [0.15, 0.2) is 24.3 Å². The number of rotatable bonds is 8. The Labute approximate surface area is 119 Å². The van der Waals surface area contributed by atoms with Crippen LogP contribution in [0.5, 0.6) is 5.75 Å². The summed E-state index contributed by atoms with van der Waals surface area (Å²) in [6.45, 7) is 4.77. The zero-order valence-electron chi connectivity index (χ0n) is 11.6. The zero-order chi connectivity index (χ0) is 14.8. The number of hydrogen-bond acceptors (Lipinski definition) is 5. The second kappa shape index (κ2) is 8.91. The monoisotopic (exact) mass is 276 g/mol. The summed E-state index contributed by atoms with van der Waals surface area (Å²) < 4.78 is 5.63. The lowest BCUT2D eigenvalue weighted by atomic mass is 10.2. The number of hydrazine groups is 1. The molecule has 0 atom stereocenters. The van der Waals surface area contributed by atoms with Gasteiger partial charge in [-0.05, 0) is 18.7 Å². The minimum absolute atomic E-state index is 0.377. The van der Waals surface area contributed by atoms with Crippen molar-refractivity contribution in [3.63, 3.8) is 0 Å². The van der Waals surface area contributed by atoms with Gasteiger partial charge in [0.25, 0.3) is 5.91 Å². The summed E-state index contributed by atoms with van der Waals surface area (Å²) in [5.41, 5.74) is 2.51. The molecule has 0 aliphatic carbocycles. The third kappa shape index (κ3) is 4.88. The molecule has 108 valence electrons. The number of nitrogens with one attached hydrogen (secondary N) is 1. The fourth-order valence-corrected chi connectivity index (χ4v) is 1.78. The van der Waals surface area contributed by atoms with E-state index in [2.05, 4.69) is 16.4 Å². The van der Waals surface area contributed by atoms with Crippen molar-refractivity contribution in [3.05, 3.63) is 29.8 Å². The summed E-state index contributed by atoms with van der Waals surface area (Å²) in [4.78, 5) is 13.7. The third-order valence-electron chi connectivity index (χ3n) is 2.91. The fraction of sp³-hybridized carbons (Fsp3) is 0.429. The van der Waals surface area contributed by atoms with Gasteiger partial charge in [-0.3, -0.25) is 15.1 Å². The van der Waals surface area contributed by atoms with E-state index in [1.54, 1.807) is 24.3 Å². The van der Waals surface area contributed by atoms with E-state index in [1.807, 2.05) is 6.92 Å². The van der Waals surface area contributed by atoms with Gasteiger partial charge in [0.2, 0.25) is 0 Å². The number of hydrogen-bond donors (Lipinski definition) is 2. The van der Waals surface area contributed by atoms with Crippen molar-refractivity contribution < 1.29 is 9.53 Å². The van der Waals surface area contributed by atoms with Gasteiger partial charge in [0.05, 0.1) is 11.6 Å². The number of carbonyl (C=O) groups is 1. The molecule has 0 saturated carbocycles. The Kier molecular flexibility index (Phi) is 7.11. The Balaban J connectivity index is 2.53. The smallest absolute Gasteiger partial charge is 0.268 e. The first-order valence-corrected chi connectivity index (χ1v) is 6.55. The van der Waals surface area contributed by atoms with Crippen LogP contribution in [0.4, 0.5) is 0 Å². The molecule has 6 nitrogen and oxygen atoms in total. The Morgan fingerprint density at radius 2 is 2.20 bits per heavy atom. The van der Waals surface area contributed by atoms with Gasteiger partial charge in [0.1, 0.15) is 12.4 Å². The first-order chi connectivity index (χ1) is 9.72. The molecule has 1 amide bonds. The van der Waals surface area contributed by atoms with Gasteiger partial charge >= 0.3 is 0 Å².